The van der Waals surface area contributed by atoms with Crippen LogP contribution in [-0.2, 0) is 9.59 Å². The van der Waals surface area contributed by atoms with Crippen molar-refractivity contribution in [1.82, 2.24) is 10.6 Å². The summed E-state index contributed by atoms with van der Waals surface area (Å²) in [7, 11) is 0. The Hall–Kier alpha value is -1.75. The van der Waals surface area contributed by atoms with Gasteiger partial charge in [-0.15, -0.1) is 0 Å². The van der Waals surface area contributed by atoms with Crippen LogP contribution in [0.1, 0.15) is 19.8 Å². The Kier molecular flexibility index (Phi) is 4.84. The number of carbonyl (C=O) groups is 2. The average molecular weight is 297 g/mol. The third-order valence-corrected chi connectivity index (χ3v) is 3.32. The molecule has 1 saturated heterocycles. The predicted molar refractivity (Wildman–Crippen MR) is 75.7 cm³/mol. The quantitative estimate of drug-likeness (QED) is 0.885. The lowest BCUT2D eigenvalue weighted by Crippen LogP contribution is -2.52. The molecule has 0 aromatic heterocycles. The van der Waals surface area contributed by atoms with Crippen LogP contribution in [0.15, 0.2) is 24.3 Å². The molecule has 0 saturated carbocycles. The molecule has 1 heterocycles. The van der Waals surface area contributed by atoms with Gasteiger partial charge in [0.25, 0.3) is 5.91 Å². The van der Waals surface area contributed by atoms with Crippen molar-refractivity contribution in [3.8, 4) is 5.75 Å². The first-order chi connectivity index (χ1) is 9.56. The first-order valence-corrected chi connectivity index (χ1v) is 6.94. The number of hydrogen-bond donors (Lipinski definition) is 2. The van der Waals surface area contributed by atoms with Crippen molar-refractivity contribution in [2.75, 3.05) is 6.54 Å². The number of hydrogen-bond acceptors (Lipinski definition) is 3. The van der Waals surface area contributed by atoms with Crippen molar-refractivity contribution in [1.29, 1.82) is 0 Å². The van der Waals surface area contributed by atoms with Crippen molar-refractivity contribution >= 4 is 23.4 Å². The molecule has 2 N–H and O–H groups in total. The summed E-state index contributed by atoms with van der Waals surface area (Å²) >= 11 is 5.85. The van der Waals surface area contributed by atoms with E-state index in [1.807, 2.05) is 0 Å². The summed E-state index contributed by atoms with van der Waals surface area (Å²) in [4.78, 5) is 23.6. The van der Waals surface area contributed by atoms with E-state index < -0.39 is 12.1 Å². The zero-order valence-corrected chi connectivity index (χ0v) is 11.9. The molecule has 1 aliphatic heterocycles. The Labute approximate surface area is 122 Å². The molecule has 1 aliphatic rings. The predicted octanol–water partition coefficient (Wildman–Crippen LogP) is 1.50. The summed E-state index contributed by atoms with van der Waals surface area (Å²) in [5.74, 6) is 0.0693. The SMILES string of the molecule is CC(Oc1cccc(Cl)c1)C(=O)NC1CCCNC1=O. The Balaban J connectivity index is 1.90. The average Bonchev–Trinajstić information content (AvgIpc) is 2.41. The van der Waals surface area contributed by atoms with Gasteiger partial charge in [0.15, 0.2) is 6.10 Å². The lowest BCUT2D eigenvalue weighted by Gasteiger charge is -2.24. The van der Waals surface area contributed by atoms with Gasteiger partial charge in [0, 0.05) is 11.6 Å². The molecule has 1 aromatic rings. The van der Waals surface area contributed by atoms with E-state index in [4.69, 9.17) is 16.3 Å². The Morgan fingerprint density at radius 3 is 3.05 bits per heavy atom. The van der Waals surface area contributed by atoms with Gasteiger partial charge in [0.2, 0.25) is 5.91 Å². The fourth-order valence-electron chi connectivity index (χ4n) is 2.00. The van der Waals surface area contributed by atoms with Gasteiger partial charge in [-0.25, -0.2) is 0 Å². The van der Waals surface area contributed by atoms with E-state index in [2.05, 4.69) is 10.6 Å². The van der Waals surface area contributed by atoms with Gasteiger partial charge in [-0.05, 0) is 38.0 Å². The lowest BCUT2D eigenvalue weighted by atomic mass is 10.1. The summed E-state index contributed by atoms with van der Waals surface area (Å²) in [5.41, 5.74) is 0. The van der Waals surface area contributed by atoms with Crippen LogP contribution < -0.4 is 15.4 Å². The maximum atomic E-state index is 12.0. The van der Waals surface area contributed by atoms with Crippen LogP contribution in [0.4, 0.5) is 0 Å². The fourth-order valence-corrected chi connectivity index (χ4v) is 2.18. The smallest absolute Gasteiger partial charge is 0.261 e. The molecule has 2 rings (SSSR count). The molecular formula is C14H17ClN2O3. The van der Waals surface area contributed by atoms with Crippen molar-refractivity contribution in [3.05, 3.63) is 29.3 Å². The molecule has 2 unspecified atom stereocenters. The van der Waals surface area contributed by atoms with Crippen LogP contribution in [0.25, 0.3) is 0 Å². The minimum Gasteiger partial charge on any atom is -0.481 e. The molecule has 1 aromatic carbocycles. The van der Waals surface area contributed by atoms with Gasteiger partial charge in [-0.1, -0.05) is 17.7 Å². The largest absolute Gasteiger partial charge is 0.481 e. The van der Waals surface area contributed by atoms with Gasteiger partial charge in [-0.3, -0.25) is 9.59 Å². The molecular weight excluding hydrogens is 280 g/mol. The molecule has 2 amide bonds. The monoisotopic (exact) mass is 296 g/mol. The minimum atomic E-state index is -0.691. The topological polar surface area (TPSA) is 67.4 Å². The minimum absolute atomic E-state index is 0.139. The molecule has 1 fully saturated rings. The Morgan fingerprint density at radius 1 is 1.55 bits per heavy atom. The third-order valence-electron chi connectivity index (χ3n) is 3.08. The number of ether oxygens (including phenoxy) is 1. The standard InChI is InChI=1S/C14H17ClN2O3/c1-9(20-11-5-2-4-10(15)8-11)13(18)17-12-6-3-7-16-14(12)19/h2,4-5,8-9,12H,3,6-7H2,1H3,(H,16,19)(H,17,18). The zero-order valence-electron chi connectivity index (χ0n) is 11.2. The summed E-state index contributed by atoms with van der Waals surface area (Å²) < 4.78 is 5.51. The fraction of sp³-hybridized carbons (Fsp3) is 0.429. The van der Waals surface area contributed by atoms with Gasteiger partial charge in [0.05, 0.1) is 0 Å². The molecule has 0 radical (unpaired) electrons. The summed E-state index contributed by atoms with van der Waals surface area (Å²) in [6, 6.07) is 6.37. The number of rotatable bonds is 4. The van der Waals surface area contributed by atoms with E-state index >= 15 is 0 Å². The molecule has 6 heteroatoms. The van der Waals surface area contributed by atoms with E-state index in [9.17, 15) is 9.59 Å². The van der Waals surface area contributed by atoms with Gasteiger partial charge in [-0.2, -0.15) is 0 Å². The maximum absolute atomic E-state index is 12.0. The number of nitrogens with one attached hydrogen (secondary N) is 2. The second-order valence-corrected chi connectivity index (χ2v) is 5.15. The van der Waals surface area contributed by atoms with E-state index in [0.29, 0.717) is 23.7 Å². The molecule has 2 atom stereocenters. The first-order valence-electron chi connectivity index (χ1n) is 6.56. The second kappa shape index (κ2) is 6.61. The van der Waals surface area contributed by atoms with Crippen molar-refractivity contribution in [2.45, 2.75) is 31.9 Å². The van der Waals surface area contributed by atoms with Gasteiger partial charge < -0.3 is 15.4 Å². The number of halogens is 1. The first kappa shape index (κ1) is 14.7. The number of benzene rings is 1. The van der Waals surface area contributed by atoms with Crippen molar-refractivity contribution in [3.63, 3.8) is 0 Å². The van der Waals surface area contributed by atoms with E-state index in [-0.39, 0.29) is 11.8 Å². The van der Waals surface area contributed by atoms with Crippen LogP contribution in [0.3, 0.4) is 0 Å². The Bertz CT molecular complexity index is 507. The molecule has 108 valence electrons. The van der Waals surface area contributed by atoms with E-state index in [0.717, 1.165) is 6.42 Å². The molecule has 20 heavy (non-hydrogen) atoms. The number of amides is 2. The van der Waals surface area contributed by atoms with E-state index in [1.54, 1.807) is 31.2 Å². The molecule has 0 bridgehead atoms. The highest BCUT2D eigenvalue weighted by Gasteiger charge is 2.26. The lowest BCUT2D eigenvalue weighted by molar-refractivity contribution is -0.133. The molecule has 0 aliphatic carbocycles. The third kappa shape index (κ3) is 3.87. The summed E-state index contributed by atoms with van der Waals surface area (Å²) in [6.07, 6.45) is 0.824. The summed E-state index contributed by atoms with van der Waals surface area (Å²) in [6.45, 7) is 2.30. The van der Waals surface area contributed by atoms with Gasteiger partial charge >= 0.3 is 0 Å². The normalized spacial score (nSPS) is 19.9. The molecule has 5 nitrogen and oxygen atoms in total. The van der Waals surface area contributed by atoms with Crippen LogP contribution in [0.5, 0.6) is 5.75 Å². The van der Waals surface area contributed by atoms with Crippen LogP contribution in [-0.4, -0.2) is 30.5 Å². The van der Waals surface area contributed by atoms with Crippen LogP contribution >= 0.6 is 11.6 Å². The maximum Gasteiger partial charge on any atom is 0.261 e. The Morgan fingerprint density at radius 2 is 2.35 bits per heavy atom. The second-order valence-electron chi connectivity index (χ2n) is 4.71. The highest BCUT2D eigenvalue weighted by Crippen LogP contribution is 2.18. The highest BCUT2D eigenvalue weighted by atomic mass is 35.5. The van der Waals surface area contributed by atoms with Crippen LogP contribution in [0.2, 0.25) is 5.02 Å². The summed E-state index contributed by atoms with van der Waals surface area (Å²) in [5, 5.41) is 5.96. The zero-order chi connectivity index (χ0) is 14.5. The number of piperidine rings is 1. The van der Waals surface area contributed by atoms with Gasteiger partial charge in [0.1, 0.15) is 11.8 Å². The van der Waals surface area contributed by atoms with Crippen molar-refractivity contribution in [2.24, 2.45) is 0 Å². The number of carbonyl (C=O) groups excluding carboxylic acids is 2. The molecule has 0 spiro atoms. The van der Waals surface area contributed by atoms with E-state index in [1.165, 1.54) is 0 Å². The van der Waals surface area contributed by atoms with Crippen molar-refractivity contribution < 1.29 is 14.3 Å². The highest BCUT2D eigenvalue weighted by molar-refractivity contribution is 6.30. The van der Waals surface area contributed by atoms with Crippen LogP contribution in [0, 0.1) is 0 Å².